The Labute approximate surface area is 184 Å². The van der Waals surface area contributed by atoms with Gasteiger partial charge in [0.05, 0.1) is 17.9 Å². The highest BCUT2D eigenvalue weighted by molar-refractivity contribution is 9.10. The fourth-order valence-corrected chi connectivity index (χ4v) is 5.49. The number of halogens is 1. The maximum Gasteiger partial charge on any atom is 0.223 e. The summed E-state index contributed by atoms with van der Waals surface area (Å²) >= 11 is 3.51. The highest BCUT2D eigenvalue weighted by Gasteiger charge is 2.37. The van der Waals surface area contributed by atoms with Crippen LogP contribution in [0.25, 0.3) is 10.9 Å². The molecule has 2 aromatic rings. The second-order valence-electron chi connectivity index (χ2n) is 8.44. The first kappa shape index (κ1) is 21.7. The van der Waals surface area contributed by atoms with Gasteiger partial charge in [-0.15, -0.1) is 0 Å². The number of pyridine rings is 1. The molecule has 2 aromatic heterocycles. The number of hydrogen-bond donors (Lipinski definition) is 3. The third-order valence-corrected chi connectivity index (χ3v) is 8.01. The van der Waals surface area contributed by atoms with Crippen molar-refractivity contribution in [1.29, 1.82) is 0 Å². The van der Waals surface area contributed by atoms with Crippen LogP contribution in [-0.2, 0) is 10.0 Å². The van der Waals surface area contributed by atoms with Crippen molar-refractivity contribution in [3.05, 3.63) is 16.9 Å². The largest absolute Gasteiger partial charge is 0.388 e. The smallest absolute Gasteiger partial charge is 0.223 e. The van der Waals surface area contributed by atoms with Crippen LogP contribution in [0.4, 0.5) is 11.8 Å². The van der Waals surface area contributed by atoms with Crippen LogP contribution in [0.2, 0.25) is 0 Å². The molecule has 1 aliphatic heterocycles. The van der Waals surface area contributed by atoms with Crippen molar-refractivity contribution < 1.29 is 13.5 Å². The molecule has 1 aliphatic carbocycles. The molecule has 164 valence electrons. The Bertz CT molecular complexity index is 1040. The topological polar surface area (TPSA) is 120 Å². The summed E-state index contributed by atoms with van der Waals surface area (Å²) in [6, 6.07) is 0.0219. The molecule has 2 atom stereocenters. The monoisotopic (exact) mass is 498 g/mol. The second-order valence-corrected chi connectivity index (χ2v) is 11.3. The zero-order valence-electron chi connectivity index (χ0n) is 17.1. The predicted molar refractivity (Wildman–Crippen MR) is 120 cm³/mol. The lowest BCUT2D eigenvalue weighted by Crippen LogP contribution is -2.42. The van der Waals surface area contributed by atoms with Gasteiger partial charge in [0.2, 0.25) is 16.0 Å². The summed E-state index contributed by atoms with van der Waals surface area (Å²) in [5, 5.41) is 18.2. The number of aromatic nitrogens is 3. The van der Waals surface area contributed by atoms with E-state index < -0.39 is 15.6 Å². The number of nitrogens with one attached hydrogen (secondary N) is 2. The van der Waals surface area contributed by atoms with E-state index in [2.05, 4.69) is 36.5 Å². The van der Waals surface area contributed by atoms with Gasteiger partial charge in [0.15, 0.2) is 5.82 Å². The highest BCUT2D eigenvalue weighted by atomic mass is 79.9. The van der Waals surface area contributed by atoms with Gasteiger partial charge < -0.3 is 15.7 Å². The first-order chi connectivity index (χ1) is 14.1. The van der Waals surface area contributed by atoms with Gasteiger partial charge in [0.1, 0.15) is 5.52 Å². The van der Waals surface area contributed by atoms with Crippen molar-refractivity contribution in [3.8, 4) is 0 Å². The SMILES string of the molecule is CC1(O)CCCC1Nc1ncc(Br)c2cnc(NC3CCN(S(C)(=O)=O)CC3)nc12. The first-order valence-corrected chi connectivity index (χ1v) is 12.8. The third kappa shape index (κ3) is 4.53. The van der Waals surface area contributed by atoms with E-state index in [9.17, 15) is 13.5 Å². The van der Waals surface area contributed by atoms with Crippen LogP contribution in [0.15, 0.2) is 16.9 Å². The van der Waals surface area contributed by atoms with Crippen LogP contribution in [-0.4, -0.2) is 69.8 Å². The summed E-state index contributed by atoms with van der Waals surface area (Å²) in [5.41, 5.74) is -0.0962. The highest BCUT2D eigenvalue weighted by Crippen LogP contribution is 2.34. The number of sulfonamides is 1. The minimum Gasteiger partial charge on any atom is -0.388 e. The predicted octanol–water partition coefficient (Wildman–Crippen LogP) is 2.34. The van der Waals surface area contributed by atoms with Crippen molar-refractivity contribution in [2.45, 2.75) is 56.7 Å². The van der Waals surface area contributed by atoms with Crippen molar-refractivity contribution in [2.24, 2.45) is 0 Å². The molecule has 0 spiro atoms. The lowest BCUT2D eigenvalue weighted by molar-refractivity contribution is 0.0578. The Morgan fingerprint density at radius 2 is 1.93 bits per heavy atom. The minimum atomic E-state index is -3.15. The number of nitrogens with zero attached hydrogens (tertiary/aromatic N) is 4. The summed E-state index contributed by atoms with van der Waals surface area (Å²) in [6.07, 6.45) is 8.70. The van der Waals surface area contributed by atoms with E-state index in [1.165, 1.54) is 10.6 Å². The van der Waals surface area contributed by atoms with Crippen molar-refractivity contribution >= 4 is 48.6 Å². The second kappa shape index (κ2) is 8.18. The van der Waals surface area contributed by atoms with Crippen molar-refractivity contribution in [2.75, 3.05) is 30.0 Å². The van der Waals surface area contributed by atoms with Crippen molar-refractivity contribution in [1.82, 2.24) is 19.3 Å². The van der Waals surface area contributed by atoms with Crippen LogP contribution in [0.3, 0.4) is 0 Å². The number of hydrogen-bond acceptors (Lipinski definition) is 8. The number of aliphatic hydroxyl groups is 1. The lowest BCUT2D eigenvalue weighted by atomic mass is 10.0. The molecule has 3 N–H and O–H groups in total. The van der Waals surface area contributed by atoms with Gasteiger partial charge in [-0.3, -0.25) is 0 Å². The van der Waals surface area contributed by atoms with E-state index in [1.807, 2.05) is 6.92 Å². The van der Waals surface area contributed by atoms with Gasteiger partial charge in [-0.25, -0.2) is 27.7 Å². The van der Waals surface area contributed by atoms with Gasteiger partial charge >= 0.3 is 0 Å². The third-order valence-electron chi connectivity index (χ3n) is 6.07. The molecular formula is C19H27BrN6O3S. The minimum absolute atomic E-state index is 0.0823. The molecule has 4 rings (SSSR count). The fourth-order valence-electron chi connectivity index (χ4n) is 4.22. The van der Waals surface area contributed by atoms with Gasteiger partial charge in [0, 0.05) is 41.4 Å². The molecule has 0 bridgehead atoms. The van der Waals surface area contributed by atoms with E-state index in [0.29, 0.717) is 43.2 Å². The Morgan fingerprint density at radius 1 is 1.20 bits per heavy atom. The zero-order valence-corrected chi connectivity index (χ0v) is 19.5. The maximum absolute atomic E-state index is 11.7. The maximum atomic E-state index is 11.7. The molecule has 3 heterocycles. The zero-order chi connectivity index (χ0) is 21.5. The molecule has 11 heteroatoms. The molecule has 0 radical (unpaired) electrons. The van der Waals surface area contributed by atoms with E-state index >= 15 is 0 Å². The summed E-state index contributed by atoms with van der Waals surface area (Å²) in [4.78, 5) is 13.6. The van der Waals surface area contributed by atoms with Crippen LogP contribution in [0.1, 0.15) is 39.0 Å². The molecule has 0 amide bonds. The number of rotatable bonds is 5. The molecule has 1 saturated heterocycles. The summed E-state index contributed by atoms with van der Waals surface area (Å²) < 4.78 is 25.7. The molecule has 2 fully saturated rings. The normalized spacial score (nSPS) is 26.2. The van der Waals surface area contributed by atoms with E-state index in [4.69, 9.17) is 4.98 Å². The summed E-state index contributed by atoms with van der Waals surface area (Å²) in [5.74, 6) is 1.11. The Morgan fingerprint density at radius 3 is 2.57 bits per heavy atom. The van der Waals surface area contributed by atoms with Gasteiger partial charge in [0.25, 0.3) is 0 Å². The molecule has 9 nitrogen and oxygen atoms in total. The van der Waals surface area contributed by atoms with Crippen LogP contribution >= 0.6 is 15.9 Å². The van der Waals surface area contributed by atoms with Crippen LogP contribution in [0, 0.1) is 0 Å². The van der Waals surface area contributed by atoms with E-state index in [0.717, 1.165) is 29.1 Å². The average molecular weight is 499 g/mol. The van der Waals surface area contributed by atoms with Gasteiger partial charge in [-0.05, 0) is 55.0 Å². The standard InChI is InChI=1S/C19H27BrN6O3S/c1-19(27)7-3-4-15(19)24-17-16-13(14(20)11-21-17)10-22-18(25-16)23-12-5-8-26(9-6-12)30(2,28)29/h10-12,15,27H,3-9H2,1-2H3,(H,21,24)(H,22,23,25). The summed E-state index contributed by atoms with van der Waals surface area (Å²) in [7, 11) is -3.15. The number of anilines is 2. The van der Waals surface area contributed by atoms with Gasteiger partial charge in [-0.2, -0.15) is 0 Å². The number of piperidine rings is 1. The van der Waals surface area contributed by atoms with Crippen LogP contribution < -0.4 is 10.6 Å². The Kier molecular flexibility index (Phi) is 5.90. The van der Waals surface area contributed by atoms with Gasteiger partial charge in [-0.1, -0.05) is 0 Å². The molecule has 0 aromatic carbocycles. The number of fused-ring (bicyclic) bond motifs is 1. The quantitative estimate of drug-likeness (QED) is 0.574. The van der Waals surface area contributed by atoms with Crippen LogP contribution in [0.5, 0.6) is 0 Å². The van der Waals surface area contributed by atoms with Crippen molar-refractivity contribution in [3.63, 3.8) is 0 Å². The molecular weight excluding hydrogens is 472 g/mol. The lowest BCUT2D eigenvalue weighted by Gasteiger charge is -2.30. The average Bonchev–Trinajstić information content (AvgIpc) is 3.02. The fraction of sp³-hybridized carbons (Fsp3) is 0.632. The first-order valence-electron chi connectivity index (χ1n) is 10.2. The van der Waals surface area contributed by atoms with E-state index in [-0.39, 0.29) is 12.1 Å². The molecule has 2 aliphatic rings. The van der Waals surface area contributed by atoms with E-state index in [1.54, 1.807) is 12.4 Å². The Balaban J connectivity index is 1.54. The molecule has 1 saturated carbocycles. The Hall–Kier alpha value is -1.56. The summed E-state index contributed by atoms with van der Waals surface area (Å²) in [6.45, 7) is 2.82. The molecule has 2 unspecified atom stereocenters. The molecule has 30 heavy (non-hydrogen) atoms.